The third kappa shape index (κ3) is 6.19. The predicted molar refractivity (Wildman–Crippen MR) is 133 cm³/mol. The number of rotatable bonds is 9. The summed E-state index contributed by atoms with van der Waals surface area (Å²) in [4.78, 5) is 12.7. The molecule has 3 aromatic carbocycles. The van der Waals surface area contributed by atoms with Crippen molar-refractivity contribution in [3.63, 3.8) is 0 Å². The Kier molecular flexibility index (Phi) is 8.38. The number of methoxy groups -OCH3 is 2. The van der Waals surface area contributed by atoms with E-state index in [0.717, 1.165) is 4.31 Å². The van der Waals surface area contributed by atoms with Gasteiger partial charge in [-0.15, -0.1) is 0 Å². The lowest BCUT2D eigenvalue weighted by Crippen LogP contribution is -2.39. The van der Waals surface area contributed by atoms with Crippen LogP contribution in [0.25, 0.3) is 0 Å². The van der Waals surface area contributed by atoms with Crippen molar-refractivity contribution in [2.75, 3.05) is 25.1 Å². The van der Waals surface area contributed by atoms with Crippen LogP contribution < -0.4 is 19.2 Å². The van der Waals surface area contributed by atoms with Gasteiger partial charge in [-0.1, -0.05) is 41.4 Å². The van der Waals surface area contributed by atoms with Gasteiger partial charge in [0, 0.05) is 10.0 Å². The van der Waals surface area contributed by atoms with Crippen molar-refractivity contribution >= 4 is 51.0 Å². The van der Waals surface area contributed by atoms with Gasteiger partial charge in [0.15, 0.2) is 11.5 Å². The van der Waals surface area contributed by atoms with Gasteiger partial charge < -0.3 is 9.47 Å². The lowest BCUT2D eigenvalue weighted by molar-refractivity contribution is -0.119. The maximum atomic E-state index is 13.3. The Labute approximate surface area is 207 Å². The van der Waals surface area contributed by atoms with Crippen LogP contribution in [-0.2, 0) is 14.8 Å². The smallest absolute Gasteiger partial charge is 0.264 e. The van der Waals surface area contributed by atoms with Crippen LogP contribution in [0, 0.1) is 0 Å². The first-order valence-corrected chi connectivity index (χ1v) is 12.0. The highest BCUT2D eigenvalue weighted by Crippen LogP contribution is 2.30. The van der Waals surface area contributed by atoms with Crippen molar-refractivity contribution in [1.29, 1.82) is 0 Å². The number of nitrogens with one attached hydrogen (secondary N) is 1. The maximum Gasteiger partial charge on any atom is 0.264 e. The standard InChI is InChI=1S/C23H21Cl2N3O5S/c1-32-21-9-8-16(10-22(21)33-2)14-26-27-23(29)15-28(19-12-17(24)11-18(25)13-19)34(30,31)20-6-4-3-5-7-20/h3-14H,15H2,1-2H3,(H,27,29)/b26-14-. The van der Waals surface area contributed by atoms with E-state index in [2.05, 4.69) is 10.5 Å². The summed E-state index contributed by atoms with van der Waals surface area (Å²) in [5.74, 6) is 0.369. The second-order valence-electron chi connectivity index (χ2n) is 6.86. The topological polar surface area (TPSA) is 97.3 Å². The molecular formula is C23H21Cl2N3O5S. The quantitative estimate of drug-likeness (QED) is 0.333. The summed E-state index contributed by atoms with van der Waals surface area (Å²) in [6, 6.07) is 17.1. The fourth-order valence-electron chi connectivity index (χ4n) is 3.00. The average molecular weight is 522 g/mol. The first-order valence-electron chi connectivity index (χ1n) is 9.82. The molecule has 3 rings (SSSR count). The first kappa shape index (κ1) is 25.4. The van der Waals surface area contributed by atoms with Crippen LogP contribution >= 0.6 is 23.2 Å². The van der Waals surface area contributed by atoms with E-state index in [9.17, 15) is 13.2 Å². The van der Waals surface area contributed by atoms with E-state index in [1.807, 2.05) is 0 Å². The molecule has 0 aromatic heterocycles. The SMILES string of the molecule is COc1ccc(/C=N\NC(=O)CN(c2cc(Cl)cc(Cl)c2)S(=O)(=O)c2ccccc2)cc1OC. The van der Waals surface area contributed by atoms with Gasteiger partial charge in [-0.05, 0) is 54.1 Å². The van der Waals surface area contributed by atoms with Crippen LogP contribution in [0.1, 0.15) is 5.56 Å². The van der Waals surface area contributed by atoms with E-state index >= 15 is 0 Å². The molecule has 0 aliphatic rings. The zero-order chi connectivity index (χ0) is 24.7. The number of amides is 1. The zero-order valence-electron chi connectivity index (χ0n) is 18.2. The highest BCUT2D eigenvalue weighted by Gasteiger charge is 2.27. The molecule has 0 aliphatic heterocycles. The molecule has 0 spiro atoms. The van der Waals surface area contributed by atoms with E-state index in [1.54, 1.807) is 36.4 Å². The summed E-state index contributed by atoms with van der Waals surface area (Å²) in [5, 5.41) is 4.36. The zero-order valence-corrected chi connectivity index (χ0v) is 20.6. The van der Waals surface area contributed by atoms with Crippen molar-refractivity contribution < 1.29 is 22.7 Å². The molecule has 11 heteroatoms. The third-order valence-electron chi connectivity index (χ3n) is 4.56. The monoisotopic (exact) mass is 521 g/mol. The Balaban J connectivity index is 1.84. The number of hydrogen-bond acceptors (Lipinski definition) is 6. The Hall–Kier alpha value is -3.27. The Morgan fingerprint density at radius 1 is 0.971 bits per heavy atom. The molecule has 3 aromatic rings. The highest BCUT2D eigenvalue weighted by atomic mass is 35.5. The number of ether oxygens (including phenoxy) is 2. The van der Waals surface area contributed by atoms with Gasteiger partial charge in [0.25, 0.3) is 15.9 Å². The molecule has 8 nitrogen and oxygen atoms in total. The summed E-state index contributed by atoms with van der Waals surface area (Å²) in [5.41, 5.74) is 3.11. The predicted octanol–water partition coefficient (Wildman–Crippen LogP) is 4.36. The van der Waals surface area contributed by atoms with E-state index < -0.39 is 22.5 Å². The van der Waals surface area contributed by atoms with E-state index in [-0.39, 0.29) is 20.6 Å². The molecular weight excluding hydrogens is 501 g/mol. The van der Waals surface area contributed by atoms with Crippen molar-refractivity contribution in [2.24, 2.45) is 5.10 Å². The highest BCUT2D eigenvalue weighted by molar-refractivity contribution is 7.92. The molecule has 178 valence electrons. The second kappa shape index (κ2) is 11.2. The summed E-state index contributed by atoms with van der Waals surface area (Å²) in [6.45, 7) is -0.558. The Morgan fingerprint density at radius 3 is 2.24 bits per heavy atom. The summed E-state index contributed by atoms with van der Waals surface area (Å²) >= 11 is 12.2. The number of hydrazone groups is 1. The average Bonchev–Trinajstić information content (AvgIpc) is 2.82. The molecule has 0 fully saturated rings. The minimum atomic E-state index is -4.10. The van der Waals surface area contributed by atoms with Crippen LogP contribution in [0.4, 0.5) is 5.69 Å². The summed E-state index contributed by atoms with van der Waals surface area (Å²) < 4.78 is 38.0. The molecule has 0 saturated heterocycles. The fourth-order valence-corrected chi connectivity index (χ4v) is 4.94. The molecule has 34 heavy (non-hydrogen) atoms. The second-order valence-corrected chi connectivity index (χ2v) is 9.60. The van der Waals surface area contributed by atoms with Crippen molar-refractivity contribution in [3.8, 4) is 11.5 Å². The Morgan fingerprint density at radius 2 is 1.62 bits per heavy atom. The van der Waals surface area contributed by atoms with Crippen molar-refractivity contribution in [2.45, 2.75) is 4.90 Å². The number of carbonyl (C=O) groups is 1. The van der Waals surface area contributed by atoms with Gasteiger partial charge >= 0.3 is 0 Å². The number of carbonyl (C=O) groups excluding carboxylic acids is 1. The number of sulfonamides is 1. The number of anilines is 1. The van der Waals surface area contributed by atoms with Gasteiger partial charge in [-0.3, -0.25) is 9.10 Å². The summed E-state index contributed by atoms with van der Waals surface area (Å²) in [6.07, 6.45) is 1.39. The van der Waals surface area contributed by atoms with Gasteiger partial charge in [0.05, 0.1) is 31.0 Å². The molecule has 0 unspecified atom stereocenters. The van der Waals surface area contributed by atoms with Crippen LogP contribution in [0.2, 0.25) is 10.0 Å². The number of benzene rings is 3. The molecule has 0 saturated carbocycles. The largest absolute Gasteiger partial charge is 0.493 e. The van der Waals surface area contributed by atoms with Crippen molar-refractivity contribution in [1.82, 2.24) is 5.43 Å². The van der Waals surface area contributed by atoms with Gasteiger partial charge in [-0.2, -0.15) is 5.10 Å². The normalized spacial score (nSPS) is 11.3. The van der Waals surface area contributed by atoms with Crippen LogP contribution in [0.15, 0.2) is 76.7 Å². The molecule has 1 amide bonds. The van der Waals surface area contributed by atoms with E-state index in [4.69, 9.17) is 32.7 Å². The molecule has 0 heterocycles. The molecule has 1 N–H and O–H groups in total. The van der Waals surface area contributed by atoms with E-state index in [0.29, 0.717) is 17.1 Å². The van der Waals surface area contributed by atoms with Crippen LogP contribution in [-0.4, -0.2) is 41.3 Å². The van der Waals surface area contributed by atoms with Gasteiger partial charge in [0.1, 0.15) is 6.54 Å². The first-order chi connectivity index (χ1) is 16.2. The van der Waals surface area contributed by atoms with E-state index in [1.165, 1.54) is 50.8 Å². The number of hydrogen-bond donors (Lipinski definition) is 1. The third-order valence-corrected chi connectivity index (χ3v) is 6.79. The molecule has 0 bridgehead atoms. The maximum absolute atomic E-state index is 13.3. The minimum Gasteiger partial charge on any atom is -0.493 e. The van der Waals surface area contributed by atoms with Gasteiger partial charge in [0.2, 0.25) is 0 Å². The van der Waals surface area contributed by atoms with Gasteiger partial charge in [-0.25, -0.2) is 13.8 Å². The number of nitrogens with zero attached hydrogens (tertiary/aromatic N) is 2. The lowest BCUT2D eigenvalue weighted by atomic mass is 10.2. The van der Waals surface area contributed by atoms with Crippen LogP contribution in [0.5, 0.6) is 11.5 Å². The lowest BCUT2D eigenvalue weighted by Gasteiger charge is -2.24. The molecule has 0 aliphatic carbocycles. The van der Waals surface area contributed by atoms with Crippen LogP contribution in [0.3, 0.4) is 0 Å². The Bertz CT molecular complexity index is 1280. The number of halogens is 2. The van der Waals surface area contributed by atoms with Crippen molar-refractivity contribution in [3.05, 3.63) is 82.3 Å². The minimum absolute atomic E-state index is 0.00715. The fraction of sp³-hybridized carbons (Fsp3) is 0.130. The summed E-state index contributed by atoms with van der Waals surface area (Å²) in [7, 11) is -1.08. The molecule has 0 radical (unpaired) electrons. The molecule has 0 atom stereocenters.